The summed E-state index contributed by atoms with van der Waals surface area (Å²) in [7, 11) is 0. The molecule has 0 aliphatic heterocycles. The predicted octanol–water partition coefficient (Wildman–Crippen LogP) is 5.19. The van der Waals surface area contributed by atoms with E-state index in [2.05, 4.69) is 27.7 Å². The molecule has 0 N–H and O–H groups in total. The van der Waals surface area contributed by atoms with Crippen molar-refractivity contribution in [2.75, 3.05) is 6.61 Å². The molecule has 16 heavy (non-hydrogen) atoms. The van der Waals surface area contributed by atoms with Crippen molar-refractivity contribution in [2.24, 2.45) is 5.92 Å². The van der Waals surface area contributed by atoms with E-state index in [9.17, 15) is 0 Å². The van der Waals surface area contributed by atoms with Gasteiger partial charge in [0.2, 0.25) is 0 Å². The Morgan fingerprint density at radius 3 is 1.88 bits per heavy atom. The Labute approximate surface area is 103 Å². The van der Waals surface area contributed by atoms with Crippen LogP contribution < -0.4 is 0 Å². The topological polar surface area (TPSA) is 9.23 Å². The largest absolute Gasteiger partial charge is 0.378 e. The normalized spacial score (nSPS) is 13.3. The molecule has 0 spiro atoms. The van der Waals surface area contributed by atoms with Crippen LogP contribution in [0, 0.1) is 5.92 Å². The summed E-state index contributed by atoms with van der Waals surface area (Å²) < 4.78 is 5.75. The lowest BCUT2D eigenvalue weighted by atomic mass is 9.99. The van der Waals surface area contributed by atoms with E-state index < -0.39 is 0 Å². The average molecular weight is 228 g/mol. The second-order valence-electron chi connectivity index (χ2n) is 5.15. The van der Waals surface area contributed by atoms with E-state index in [1.54, 1.807) is 0 Å². The number of ether oxygens (including phenoxy) is 1. The van der Waals surface area contributed by atoms with E-state index >= 15 is 0 Å². The van der Waals surface area contributed by atoms with E-state index in [1.165, 1.54) is 51.4 Å². The molecule has 0 saturated heterocycles. The van der Waals surface area contributed by atoms with Gasteiger partial charge in [0.15, 0.2) is 0 Å². The fourth-order valence-electron chi connectivity index (χ4n) is 2.13. The summed E-state index contributed by atoms with van der Waals surface area (Å²) in [5, 5.41) is 0. The summed E-state index contributed by atoms with van der Waals surface area (Å²) in [5.41, 5.74) is 0. The first kappa shape index (κ1) is 16.0. The molecule has 98 valence electrons. The zero-order valence-electron chi connectivity index (χ0n) is 11.9. The lowest BCUT2D eigenvalue weighted by molar-refractivity contribution is 0.0231. The van der Waals surface area contributed by atoms with Crippen LogP contribution in [0.15, 0.2) is 0 Å². The molecule has 0 aliphatic rings. The van der Waals surface area contributed by atoms with Crippen LogP contribution in [0.2, 0.25) is 0 Å². The lowest BCUT2D eigenvalue weighted by Crippen LogP contribution is -2.19. The minimum absolute atomic E-state index is 0.487. The van der Waals surface area contributed by atoms with Gasteiger partial charge in [-0.05, 0) is 19.3 Å². The maximum absolute atomic E-state index is 5.75. The van der Waals surface area contributed by atoms with Gasteiger partial charge < -0.3 is 4.74 Å². The average Bonchev–Trinajstić information content (AvgIpc) is 2.26. The number of unbranched alkanes of at least 4 members (excludes halogenated alkanes) is 6. The number of hydrogen-bond acceptors (Lipinski definition) is 1. The van der Waals surface area contributed by atoms with Gasteiger partial charge in [-0.2, -0.15) is 0 Å². The van der Waals surface area contributed by atoms with Crippen molar-refractivity contribution in [2.45, 2.75) is 85.2 Å². The quantitative estimate of drug-likeness (QED) is 0.442. The van der Waals surface area contributed by atoms with Gasteiger partial charge in [0, 0.05) is 6.61 Å². The van der Waals surface area contributed by atoms with Gasteiger partial charge in [0.05, 0.1) is 6.10 Å². The zero-order chi connectivity index (χ0) is 12.2. The summed E-state index contributed by atoms with van der Waals surface area (Å²) in [6.45, 7) is 9.76. The molecule has 1 unspecified atom stereocenters. The molecule has 0 heterocycles. The van der Waals surface area contributed by atoms with Crippen LogP contribution in [0.1, 0.15) is 79.1 Å². The predicted molar refractivity (Wildman–Crippen MR) is 72.9 cm³/mol. The molecule has 0 amide bonds. The maximum atomic E-state index is 5.75. The SMILES string of the molecule is CCCCCCCCCC(OCC)C(C)C. The third-order valence-electron chi connectivity index (χ3n) is 3.22. The monoisotopic (exact) mass is 228 g/mol. The van der Waals surface area contributed by atoms with Gasteiger partial charge in [0.1, 0.15) is 0 Å². The zero-order valence-corrected chi connectivity index (χ0v) is 11.9. The minimum atomic E-state index is 0.487. The van der Waals surface area contributed by atoms with Crippen molar-refractivity contribution in [3.8, 4) is 0 Å². The molecule has 1 heteroatoms. The molecule has 0 aromatic heterocycles. The molecule has 0 saturated carbocycles. The number of rotatable bonds is 11. The summed E-state index contributed by atoms with van der Waals surface area (Å²) >= 11 is 0. The van der Waals surface area contributed by atoms with Gasteiger partial charge in [-0.25, -0.2) is 0 Å². The maximum Gasteiger partial charge on any atom is 0.0597 e. The Bertz CT molecular complexity index is 131. The third kappa shape index (κ3) is 9.21. The Morgan fingerprint density at radius 1 is 0.812 bits per heavy atom. The molecular formula is C15H32O. The molecular weight excluding hydrogens is 196 g/mol. The van der Waals surface area contributed by atoms with Gasteiger partial charge in [-0.1, -0.05) is 65.7 Å². The number of hydrogen-bond donors (Lipinski definition) is 0. The van der Waals surface area contributed by atoms with E-state index in [-0.39, 0.29) is 0 Å². The van der Waals surface area contributed by atoms with Crippen LogP contribution in [0.25, 0.3) is 0 Å². The van der Waals surface area contributed by atoms with Crippen molar-refractivity contribution >= 4 is 0 Å². The lowest BCUT2D eigenvalue weighted by Gasteiger charge is -2.20. The molecule has 0 rings (SSSR count). The van der Waals surface area contributed by atoms with Crippen LogP contribution in [0.3, 0.4) is 0 Å². The van der Waals surface area contributed by atoms with Gasteiger partial charge in [0.25, 0.3) is 0 Å². The Hall–Kier alpha value is -0.0400. The molecule has 0 radical (unpaired) electrons. The third-order valence-corrected chi connectivity index (χ3v) is 3.22. The first-order valence-electron chi connectivity index (χ1n) is 7.33. The Kier molecular flexibility index (Phi) is 11.4. The highest BCUT2D eigenvalue weighted by Crippen LogP contribution is 2.16. The van der Waals surface area contributed by atoms with Crippen LogP contribution in [0.4, 0.5) is 0 Å². The highest BCUT2D eigenvalue weighted by atomic mass is 16.5. The smallest absolute Gasteiger partial charge is 0.0597 e. The van der Waals surface area contributed by atoms with Crippen molar-refractivity contribution < 1.29 is 4.74 Å². The minimum Gasteiger partial charge on any atom is -0.378 e. The molecule has 1 atom stereocenters. The van der Waals surface area contributed by atoms with E-state index in [4.69, 9.17) is 4.74 Å². The fraction of sp³-hybridized carbons (Fsp3) is 1.00. The summed E-state index contributed by atoms with van der Waals surface area (Å²) in [5.74, 6) is 0.667. The van der Waals surface area contributed by atoms with Crippen LogP contribution in [-0.2, 0) is 4.74 Å². The van der Waals surface area contributed by atoms with Crippen LogP contribution >= 0.6 is 0 Å². The highest BCUT2D eigenvalue weighted by Gasteiger charge is 2.12. The van der Waals surface area contributed by atoms with Crippen molar-refractivity contribution in [3.05, 3.63) is 0 Å². The molecule has 0 aromatic rings. The van der Waals surface area contributed by atoms with Crippen molar-refractivity contribution in [1.82, 2.24) is 0 Å². The molecule has 0 bridgehead atoms. The first-order chi connectivity index (χ1) is 7.72. The summed E-state index contributed by atoms with van der Waals surface area (Å²) in [4.78, 5) is 0. The van der Waals surface area contributed by atoms with Crippen LogP contribution in [0.5, 0.6) is 0 Å². The van der Waals surface area contributed by atoms with E-state index in [0.717, 1.165) is 6.61 Å². The van der Waals surface area contributed by atoms with Crippen molar-refractivity contribution in [3.63, 3.8) is 0 Å². The van der Waals surface area contributed by atoms with Crippen molar-refractivity contribution in [1.29, 1.82) is 0 Å². The van der Waals surface area contributed by atoms with Gasteiger partial charge in [-0.15, -0.1) is 0 Å². The molecule has 1 nitrogen and oxygen atoms in total. The second kappa shape index (κ2) is 11.4. The van der Waals surface area contributed by atoms with Gasteiger partial charge in [-0.3, -0.25) is 0 Å². The Morgan fingerprint density at radius 2 is 1.38 bits per heavy atom. The second-order valence-corrected chi connectivity index (χ2v) is 5.15. The molecule has 0 fully saturated rings. The van der Waals surface area contributed by atoms with E-state index in [1.807, 2.05) is 0 Å². The molecule has 0 aliphatic carbocycles. The summed E-state index contributed by atoms with van der Waals surface area (Å²) in [6.07, 6.45) is 11.5. The summed E-state index contributed by atoms with van der Waals surface area (Å²) in [6, 6.07) is 0. The fourth-order valence-corrected chi connectivity index (χ4v) is 2.13. The van der Waals surface area contributed by atoms with E-state index in [0.29, 0.717) is 12.0 Å². The Balaban J connectivity index is 3.33. The van der Waals surface area contributed by atoms with Gasteiger partial charge >= 0.3 is 0 Å². The highest BCUT2D eigenvalue weighted by molar-refractivity contribution is 4.62. The standard InChI is InChI=1S/C15H32O/c1-5-7-8-9-10-11-12-13-15(14(3)4)16-6-2/h14-15H,5-13H2,1-4H3. The molecule has 0 aromatic carbocycles. The first-order valence-corrected chi connectivity index (χ1v) is 7.33. The van der Waals surface area contributed by atoms with Crippen LogP contribution in [-0.4, -0.2) is 12.7 Å².